The molecule has 0 spiro atoms. The number of ether oxygens (including phenoxy) is 4. The van der Waals surface area contributed by atoms with Gasteiger partial charge >= 0.3 is 0 Å². The molecule has 1 unspecified atom stereocenters. The number of aliphatic hydroxyl groups excluding tert-OH is 1. The quantitative estimate of drug-likeness (QED) is 0.387. The van der Waals surface area contributed by atoms with E-state index in [4.69, 9.17) is 30.5 Å². The highest BCUT2D eigenvalue weighted by molar-refractivity contribution is 14.1. The number of ketones is 1. The summed E-state index contributed by atoms with van der Waals surface area (Å²) in [6, 6.07) is 0. The van der Waals surface area contributed by atoms with E-state index in [0.717, 1.165) is 22.8 Å². The zero-order valence-corrected chi connectivity index (χ0v) is 18.9. The number of Topliss-reactive ketones (excluding diaryl/α,β-unsaturated/α-hetero) is 1. The molecule has 0 radical (unpaired) electrons. The molecule has 0 aromatic heterocycles. The van der Waals surface area contributed by atoms with Crippen molar-refractivity contribution < 1.29 is 28.8 Å². The Morgan fingerprint density at radius 3 is 2.64 bits per heavy atom. The summed E-state index contributed by atoms with van der Waals surface area (Å²) in [5.74, 6) is -1.35. The molecular formula is C20H28ClIO6. The van der Waals surface area contributed by atoms with Gasteiger partial charge in [-0.25, -0.2) is 0 Å². The summed E-state index contributed by atoms with van der Waals surface area (Å²) in [6.07, 6.45) is 2.15. The highest BCUT2D eigenvalue weighted by Crippen LogP contribution is 2.52. The van der Waals surface area contributed by atoms with E-state index in [9.17, 15) is 9.90 Å². The number of hydrogen-bond donors (Lipinski definition) is 1. The molecule has 0 aliphatic carbocycles. The van der Waals surface area contributed by atoms with Crippen molar-refractivity contribution in [2.24, 2.45) is 0 Å². The minimum Gasteiger partial charge on any atom is -0.385 e. The second kappa shape index (κ2) is 8.40. The molecule has 1 N–H and O–H groups in total. The smallest absolute Gasteiger partial charge is 0.205 e. The van der Waals surface area contributed by atoms with Crippen LogP contribution in [0.3, 0.4) is 0 Å². The van der Waals surface area contributed by atoms with Crippen molar-refractivity contribution in [2.75, 3.05) is 0 Å². The van der Waals surface area contributed by atoms with E-state index in [1.54, 1.807) is 0 Å². The SMILES string of the molecule is C=C(I)C[C@H](Cl)CCC(=O)CC12O[C@@H]3[C@H](O1)[C@@H](O[C@H]1CC[C@H](CC)O[C@H]31)[C@H]2O. The molecule has 9 atom stereocenters. The third kappa shape index (κ3) is 3.92. The first kappa shape index (κ1) is 21.5. The lowest BCUT2D eigenvalue weighted by atomic mass is 9.84. The topological polar surface area (TPSA) is 74.2 Å². The van der Waals surface area contributed by atoms with Crippen LogP contribution >= 0.6 is 34.2 Å². The first-order valence-electron chi connectivity index (χ1n) is 10.2. The van der Waals surface area contributed by atoms with E-state index in [2.05, 4.69) is 36.1 Å². The molecule has 4 saturated heterocycles. The van der Waals surface area contributed by atoms with Crippen LogP contribution < -0.4 is 0 Å². The summed E-state index contributed by atoms with van der Waals surface area (Å²) in [4.78, 5) is 12.6. The Kier molecular flexibility index (Phi) is 6.44. The van der Waals surface area contributed by atoms with Gasteiger partial charge in [0.15, 0.2) is 0 Å². The van der Waals surface area contributed by atoms with Crippen LogP contribution in [0.5, 0.6) is 0 Å². The molecule has 6 nitrogen and oxygen atoms in total. The Morgan fingerprint density at radius 1 is 1.25 bits per heavy atom. The van der Waals surface area contributed by atoms with Crippen molar-refractivity contribution in [1.82, 2.24) is 0 Å². The lowest BCUT2D eigenvalue weighted by Gasteiger charge is -2.49. The van der Waals surface area contributed by atoms with E-state index >= 15 is 0 Å². The molecule has 8 heteroatoms. The third-order valence-electron chi connectivity index (χ3n) is 6.30. The fourth-order valence-electron chi connectivity index (χ4n) is 4.89. The van der Waals surface area contributed by atoms with Gasteiger partial charge in [-0.15, -0.1) is 11.6 Å². The predicted molar refractivity (Wildman–Crippen MR) is 112 cm³/mol. The van der Waals surface area contributed by atoms with Gasteiger partial charge in [-0.1, -0.05) is 13.5 Å². The lowest BCUT2D eigenvalue weighted by molar-refractivity contribution is -0.297. The molecule has 4 aliphatic rings. The monoisotopic (exact) mass is 526 g/mol. The Hall–Kier alpha value is 0.230. The summed E-state index contributed by atoms with van der Waals surface area (Å²) in [5.41, 5.74) is 0. The fraction of sp³-hybridized carbons (Fsp3) is 0.850. The van der Waals surface area contributed by atoms with Gasteiger partial charge in [0.05, 0.1) is 18.6 Å². The van der Waals surface area contributed by atoms with Crippen molar-refractivity contribution in [2.45, 2.75) is 106 Å². The van der Waals surface area contributed by atoms with Crippen LogP contribution in [0.25, 0.3) is 0 Å². The summed E-state index contributed by atoms with van der Waals surface area (Å²) < 4.78 is 25.6. The van der Waals surface area contributed by atoms with Crippen molar-refractivity contribution in [3.63, 3.8) is 0 Å². The van der Waals surface area contributed by atoms with Crippen LogP contribution in [-0.4, -0.2) is 64.8 Å². The lowest BCUT2D eigenvalue weighted by Crippen LogP contribution is -2.65. The van der Waals surface area contributed by atoms with E-state index < -0.39 is 18.0 Å². The maximum absolute atomic E-state index is 12.6. The zero-order valence-electron chi connectivity index (χ0n) is 16.0. The molecule has 0 saturated carbocycles. The van der Waals surface area contributed by atoms with Crippen LogP contribution in [0, 0.1) is 0 Å². The number of aliphatic hydroxyl groups is 1. The largest absolute Gasteiger partial charge is 0.385 e. The van der Waals surface area contributed by atoms with Crippen LogP contribution in [0.1, 0.15) is 51.9 Å². The molecule has 4 fully saturated rings. The maximum atomic E-state index is 12.6. The van der Waals surface area contributed by atoms with Crippen molar-refractivity contribution in [1.29, 1.82) is 0 Å². The van der Waals surface area contributed by atoms with E-state index in [-0.39, 0.29) is 48.1 Å². The van der Waals surface area contributed by atoms with Crippen LogP contribution in [0.4, 0.5) is 0 Å². The van der Waals surface area contributed by atoms with Crippen molar-refractivity contribution in [3.8, 4) is 0 Å². The first-order chi connectivity index (χ1) is 13.3. The third-order valence-corrected chi connectivity index (χ3v) is 7.12. The fourth-order valence-corrected chi connectivity index (χ4v) is 5.98. The number of allylic oxidation sites excluding steroid dienone is 1. The molecule has 28 heavy (non-hydrogen) atoms. The number of fused-ring (bicyclic) bond motifs is 3. The standard InChI is InChI=1S/C20H28ClIO6/c1-3-13-6-7-14-15(25-13)16-17-18(26-14)19(24)20(27-16,28-17)9-12(23)5-4-11(21)8-10(2)22/h11,13-19,24H,2-9H2,1H3/t11-,13+,14+,15+,16+,17+,18-,19-,20?/m1/s1. The molecular weight excluding hydrogens is 499 g/mol. The average molecular weight is 527 g/mol. The molecule has 0 aromatic carbocycles. The molecule has 0 amide bonds. The summed E-state index contributed by atoms with van der Waals surface area (Å²) >= 11 is 8.40. The zero-order chi connectivity index (χ0) is 20.1. The van der Waals surface area contributed by atoms with Gasteiger partial charge in [0, 0.05) is 11.8 Å². The number of rotatable bonds is 8. The number of carbonyl (C=O) groups excluding carboxylic acids is 1. The molecule has 4 aliphatic heterocycles. The normalized spacial score (nSPS) is 44.9. The first-order valence-corrected chi connectivity index (χ1v) is 11.7. The number of carbonyl (C=O) groups is 1. The van der Waals surface area contributed by atoms with Crippen LogP contribution in [0.15, 0.2) is 10.2 Å². The van der Waals surface area contributed by atoms with Crippen LogP contribution in [-0.2, 0) is 23.7 Å². The predicted octanol–water partition coefficient (Wildman–Crippen LogP) is 3.25. The Bertz CT molecular complexity index is 632. The second-order valence-corrected chi connectivity index (χ2v) is 10.5. The van der Waals surface area contributed by atoms with E-state index in [1.165, 1.54) is 0 Å². The molecule has 2 bridgehead atoms. The minimum atomic E-state index is -1.32. The van der Waals surface area contributed by atoms with Gasteiger partial charge in [0.25, 0.3) is 0 Å². The summed E-state index contributed by atoms with van der Waals surface area (Å²) in [6.45, 7) is 5.95. The minimum absolute atomic E-state index is 0.00437. The van der Waals surface area contributed by atoms with Gasteiger partial charge in [0.2, 0.25) is 5.79 Å². The average Bonchev–Trinajstić information content (AvgIpc) is 3.15. The van der Waals surface area contributed by atoms with Gasteiger partial charge in [-0.2, -0.15) is 0 Å². The molecule has 0 aromatic rings. The maximum Gasteiger partial charge on any atom is 0.205 e. The Morgan fingerprint density at radius 2 is 1.96 bits per heavy atom. The van der Waals surface area contributed by atoms with E-state index in [0.29, 0.717) is 19.3 Å². The Balaban J connectivity index is 1.39. The second-order valence-electron chi connectivity index (χ2n) is 8.34. The highest BCUT2D eigenvalue weighted by Gasteiger charge is 2.71. The van der Waals surface area contributed by atoms with E-state index in [1.807, 2.05) is 0 Å². The number of hydrogen-bond acceptors (Lipinski definition) is 6. The van der Waals surface area contributed by atoms with Gasteiger partial charge in [-0.05, 0) is 58.3 Å². The van der Waals surface area contributed by atoms with Crippen molar-refractivity contribution in [3.05, 3.63) is 10.2 Å². The molecule has 4 heterocycles. The van der Waals surface area contributed by atoms with Gasteiger partial charge < -0.3 is 24.1 Å². The Labute approximate surface area is 184 Å². The molecule has 4 rings (SSSR count). The summed E-state index contributed by atoms with van der Waals surface area (Å²) in [7, 11) is 0. The van der Waals surface area contributed by atoms with Crippen LogP contribution in [0.2, 0.25) is 0 Å². The number of alkyl halides is 1. The van der Waals surface area contributed by atoms with Gasteiger partial charge in [-0.3, -0.25) is 4.79 Å². The molecule has 158 valence electrons. The van der Waals surface area contributed by atoms with Gasteiger partial charge in [0.1, 0.15) is 36.3 Å². The van der Waals surface area contributed by atoms with Crippen molar-refractivity contribution >= 4 is 40.0 Å². The highest BCUT2D eigenvalue weighted by atomic mass is 127. The summed E-state index contributed by atoms with van der Waals surface area (Å²) in [5, 5.41) is 10.7. The number of halogens is 2.